The number of nitrogens with zero attached hydrogens (tertiary/aromatic N) is 1. The first-order valence-electron chi connectivity index (χ1n) is 7.87. The van der Waals surface area contributed by atoms with Crippen molar-refractivity contribution in [2.45, 2.75) is 38.1 Å². The van der Waals surface area contributed by atoms with E-state index in [2.05, 4.69) is 5.32 Å². The first kappa shape index (κ1) is 16.2. The van der Waals surface area contributed by atoms with Crippen LogP contribution in [0.3, 0.4) is 0 Å². The molecule has 0 aromatic rings. The molecule has 1 heterocycles. The lowest BCUT2D eigenvalue weighted by molar-refractivity contribution is -0.134. The zero-order chi connectivity index (χ0) is 15.1. The minimum Gasteiger partial charge on any atom is -0.382 e. The molecule has 1 saturated heterocycles. The van der Waals surface area contributed by atoms with Gasteiger partial charge in [0.2, 0.25) is 11.8 Å². The summed E-state index contributed by atoms with van der Waals surface area (Å²) in [6, 6.07) is -0.280. The minimum absolute atomic E-state index is 0.00523. The third-order valence-corrected chi connectivity index (χ3v) is 3.99. The summed E-state index contributed by atoms with van der Waals surface area (Å²) in [5.74, 6) is 0.466. The molecule has 0 aromatic carbocycles. The van der Waals surface area contributed by atoms with Crippen LogP contribution in [0.2, 0.25) is 0 Å². The van der Waals surface area contributed by atoms with E-state index in [0.717, 1.165) is 25.7 Å². The Balaban J connectivity index is 1.68. The molecule has 1 unspecified atom stereocenters. The van der Waals surface area contributed by atoms with Crippen molar-refractivity contribution in [2.24, 2.45) is 5.92 Å². The number of hydrogen-bond donors (Lipinski definition) is 1. The third kappa shape index (κ3) is 5.28. The van der Waals surface area contributed by atoms with E-state index in [1.54, 1.807) is 7.11 Å². The summed E-state index contributed by atoms with van der Waals surface area (Å²) in [7, 11) is 1.65. The van der Waals surface area contributed by atoms with Gasteiger partial charge in [-0.25, -0.2) is 0 Å². The van der Waals surface area contributed by atoms with Gasteiger partial charge in [0.15, 0.2) is 0 Å². The van der Waals surface area contributed by atoms with E-state index in [1.807, 2.05) is 4.90 Å². The number of ether oxygens (including phenoxy) is 2. The summed E-state index contributed by atoms with van der Waals surface area (Å²) >= 11 is 0. The maximum Gasteiger partial charge on any atom is 0.245 e. The average Bonchev–Trinajstić information content (AvgIpc) is 3.30. The highest BCUT2D eigenvalue weighted by molar-refractivity contribution is 5.90. The summed E-state index contributed by atoms with van der Waals surface area (Å²) in [6.45, 7) is 3.17. The van der Waals surface area contributed by atoms with Gasteiger partial charge in [-0.15, -0.1) is 0 Å². The molecule has 6 heteroatoms. The summed E-state index contributed by atoms with van der Waals surface area (Å²) in [4.78, 5) is 26.0. The molecule has 0 bridgehead atoms. The van der Waals surface area contributed by atoms with Crippen molar-refractivity contribution in [1.29, 1.82) is 0 Å². The highest BCUT2D eigenvalue weighted by Gasteiger charge is 2.40. The van der Waals surface area contributed by atoms with Gasteiger partial charge in [-0.05, 0) is 31.6 Å². The fraction of sp³-hybridized carbons (Fsp3) is 0.867. The van der Waals surface area contributed by atoms with E-state index in [-0.39, 0.29) is 17.9 Å². The second kappa shape index (κ2) is 8.34. The number of carbonyl (C=O) groups is 2. The average molecular weight is 298 g/mol. The lowest BCUT2D eigenvalue weighted by Crippen LogP contribution is -2.46. The number of rotatable bonds is 9. The Morgan fingerprint density at radius 2 is 2.00 bits per heavy atom. The van der Waals surface area contributed by atoms with Gasteiger partial charge in [-0.3, -0.25) is 9.59 Å². The Labute approximate surface area is 126 Å². The zero-order valence-electron chi connectivity index (χ0n) is 12.8. The molecule has 2 aliphatic rings. The lowest BCUT2D eigenvalue weighted by Gasteiger charge is -2.24. The van der Waals surface area contributed by atoms with Crippen molar-refractivity contribution >= 4 is 11.8 Å². The van der Waals surface area contributed by atoms with Gasteiger partial charge < -0.3 is 19.7 Å². The Morgan fingerprint density at radius 3 is 2.71 bits per heavy atom. The van der Waals surface area contributed by atoms with E-state index in [0.29, 0.717) is 45.2 Å². The van der Waals surface area contributed by atoms with Crippen molar-refractivity contribution in [3.63, 3.8) is 0 Å². The van der Waals surface area contributed by atoms with Gasteiger partial charge in [0, 0.05) is 33.2 Å². The van der Waals surface area contributed by atoms with Gasteiger partial charge >= 0.3 is 0 Å². The molecule has 2 rings (SSSR count). The van der Waals surface area contributed by atoms with E-state index >= 15 is 0 Å². The zero-order valence-corrected chi connectivity index (χ0v) is 12.8. The Morgan fingerprint density at radius 1 is 1.19 bits per heavy atom. The molecule has 6 nitrogen and oxygen atoms in total. The van der Waals surface area contributed by atoms with Crippen molar-refractivity contribution in [1.82, 2.24) is 10.2 Å². The first-order chi connectivity index (χ1) is 10.2. The van der Waals surface area contributed by atoms with Gasteiger partial charge in [0.1, 0.15) is 6.04 Å². The molecule has 2 fully saturated rings. The predicted molar refractivity (Wildman–Crippen MR) is 77.8 cm³/mol. The third-order valence-electron chi connectivity index (χ3n) is 3.99. The maximum atomic E-state index is 12.4. The molecule has 1 atom stereocenters. The molecule has 1 aliphatic heterocycles. The molecule has 21 heavy (non-hydrogen) atoms. The molecule has 1 saturated carbocycles. The maximum absolute atomic E-state index is 12.4. The van der Waals surface area contributed by atoms with E-state index in [4.69, 9.17) is 9.47 Å². The number of hydrogen-bond acceptors (Lipinski definition) is 4. The fourth-order valence-electron chi connectivity index (χ4n) is 2.57. The quantitative estimate of drug-likeness (QED) is 0.632. The van der Waals surface area contributed by atoms with Crippen LogP contribution in [-0.2, 0) is 19.1 Å². The molecule has 0 aromatic heterocycles. The normalized spacial score (nSPS) is 23.1. The second-order valence-electron chi connectivity index (χ2n) is 5.77. The van der Waals surface area contributed by atoms with E-state index in [1.165, 1.54) is 0 Å². The van der Waals surface area contributed by atoms with Crippen LogP contribution in [0.15, 0.2) is 0 Å². The molecule has 0 radical (unpaired) electrons. The Bertz CT molecular complexity index is 358. The van der Waals surface area contributed by atoms with Crippen LogP contribution in [0.25, 0.3) is 0 Å². The SMILES string of the molecule is COCCOCCCCN1CCC(=O)NC(C2CC2)C1=O. The number of carbonyl (C=O) groups excluding carboxylic acids is 2. The van der Waals surface area contributed by atoms with E-state index < -0.39 is 0 Å². The molecular formula is C15H26N2O4. The highest BCUT2D eigenvalue weighted by Crippen LogP contribution is 2.34. The van der Waals surface area contributed by atoms with Crippen molar-refractivity contribution < 1.29 is 19.1 Å². The van der Waals surface area contributed by atoms with Gasteiger partial charge in [-0.1, -0.05) is 0 Å². The number of nitrogens with one attached hydrogen (secondary N) is 1. The molecule has 0 spiro atoms. The number of amides is 2. The summed E-state index contributed by atoms with van der Waals surface area (Å²) in [5, 5.41) is 2.88. The molecular weight excluding hydrogens is 272 g/mol. The molecule has 1 N–H and O–H groups in total. The molecule has 2 amide bonds. The van der Waals surface area contributed by atoms with Crippen LogP contribution in [0.4, 0.5) is 0 Å². The monoisotopic (exact) mass is 298 g/mol. The van der Waals surface area contributed by atoms with Gasteiger partial charge in [-0.2, -0.15) is 0 Å². The Hall–Kier alpha value is -1.14. The van der Waals surface area contributed by atoms with Crippen LogP contribution in [-0.4, -0.2) is 62.8 Å². The summed E-state index contributed by atoms with van der Waals surface area (Å²) in [6.07, 6.45) is 4.35. The van der Waals surface area contributed by atoms with Crippen molar-refractivity contribution in [3.8, 4) is 0 Å². The molecule has 120 valence electrons. The lowest BCUT2D eigenvalue weighted by atomic mass is 10.1. The van der Waals surface area contributed by atoms with Gasteiger partial charge in [0.25, 0.3) is 0 Å². The number of methoxy groups -OCH3 is 1. The predicted octanol–water partition coefficient (Wildman–Crippen LogP) is 0.557. The van der Waals surface area contributed by atoms with Crippen LogP contribution in [0.5, 0.6) is 0 Å². The fourth-order valence-corrected chi connectivity index (χ4v) is 2.57. The Kier molecular flexibility index (Phi) is 6.45. The van der Waals surface area contributed by atoms with Crippen LogP contribution in [0, 0.1) is 5.92 Å². The largest absolute Gasteiger partial charge is 0.382 e. The van der Waals surface area contributed by atoms with Crippen molar-refractivity contribution in [2.75, 3.05) is 40.0 Å². The summed E-state index contributed by atoms with van der Waals surface area (Å²) in [5.41, 5.74) is 0. The minimum atomic E-state index is -0.280. The number of unbranched alkanes of at least 4 members (excludes halogenated alkanes) is 1. The van der Waals surface area contributed by atoms with Crippen LogP contribution in [0.1, 0.15) is 32.1 Å². The first-order valence-corrected chi connectivity index (χ1v) is 7.87. The summed E-state index contributed by atoms with van der Waals surface area (Å²) < 4.78 is 10.3. The second-order valence-corrected chi connectivity index (χ2v) is 5.77. The topological polar surface area (TPSA) is 67.9 Å². The highest BCUT2D eigenvalue weighted by atomic mass is 16.5. The standard InChI is InChI=1S/C15H26N2O4/c1-20-10-11-21-9-3-2-7-17-8-6-13(18)16-14(15(17)19)12-4-5-12/h12,14H,2-11H2,1H3,(H,16,18). The van der Waals surface area contributed by atoms with Crippen molar-refractivity contribution in [3.05, 3.63) is 0 Å². The molecule has 1 aliphatic carbocycles. The van der Waals surface area contributed by atoms with E-state index in [9.17, 15) is 9.59 Å². The smallest absolute Gasteiger partial charge is 0.245 e. The van der Waals surface area contributed by atoms with Crippen LogP contribution < -0.4 is 5.32 Å². The van der Waals surface area contributed by atoms with Crippen LogP contribution >= 0.6 is 0 Å². The van der Waals surface area contributed by atoms with Gasteiger partial charge in [0.05, 0.1) is 13.2 Å².